The van der Waals surface area contributed by atoms with Crippen LogP contribution in [-0.2, 0) is 13.0 Å². The molecular formula is C19H19N5O2S. The number of pyridine rings is 1. The van der Waals surface area contributed by atoms with Crippen molar-refractivity contribution >= 4 is 23.0 Å². The Bertz CT molecular complexity index is 1030. The normalized spacial score (nSPS) is 11.0. The molecule has 0 aromatic carbocycles. The lowest BCUT2D eigenvalue weighted by Gasteiger charge is -2.05. The van der Waals surface area contributed by atoms with Gasteiger partial charge in [-0.25, -0.2) is 14.8 Å². The summed E-state index contributed by atoms with van der Waals surface area (Å²) in [5.74, 6) is 1.40. The van der Waals surface area contributed by atoms with Crippen molar-refractivity contribution < 1.29 is 9.21 Å². The number of fused-ring (bicyclic) bond motifs is 1. The molecule has 4 aromatic heterocycles. The zero-order valence-electron chi connectivity index (χ0n) is 14.8. The molecule has 138 valence electrons. The van der Waals surface area contributed by atoms with Gasteiger partial charge in [0.1, 0.15) is 17.1 Å². The van der Waals surface area contributed by atoms with Crippen LogP contribution < -0.4 is 10.6 Å². The number of aryl methyl sites for hydroxylation is 1. The van der Waals surface area contributed by atoms with Crippen LogP contribution in [0, 0.1) is 6.92 Å². The van der Waals surface area contributed by atoms with Crippen molar-refractivity contribution in [2.45, 2.75) is 19.9 Å². The minimum Gasteiger partial charge on any atom is -0.458 e. The molecule has 4 rings (SSSR count). The van der Waals surface area contributed by atoms with E-state index in [2.05, 4.69) is 20.6 Å². The van der Waals surface area contributed by atoms with Crippen LogP contribution in [0.5, 0.6) is 0 Å². The van der Waals surface area contributed by atoms with Gasteiger partial charge < -0.3 is 19.5 Å². The fourth-order valence-electron chi connectivity index (χ4n) is 2.73. The summed E-state index contributed by atoms with van der Waals surface area (Å²) in [6.45, 7) is 2.79. The highest BCUT2D eigenvalue weighted by Gasteiger charge is 2.09. The van der Waals surface area contributed by atoms with E-state index in [0.29, 0.717) is 31.0 Å². The summed E-state index contributed by atoms with van der Waals surface area (Å²) in [6, 6.07) is 9.34. The van der Waals surface area contributed by atoms with E-state index in [1.165, 1.54) is 0 Å². The topological polar surface area (TPSA) is 84.5 Å². The second kappa shape index (κ2) is 7.63. The van der Waals surface area contributed by atoms with Crippen molar-refractivity contribution in [2.24, 2.45) is 0 Å². The van der Waals surface area contributed by atoms with E-state index in [-0.39, 0.29) is 6.03 Å². The van der Waals surface area contributed by atoms with Crippen molar-refractivity contribution in [1.82, 2.24) is 25.0 Å². The molecule has 0 saturated carbocycles. The Kier molecular flexibility index (Phi) is 4.88. The lowest BCUT2D eigenvalue weighted by molar-refractivity contribution is 0.239. The van der Waals surface area contributed by atoms with Crippen LogP contribution in [0.2, 0.25) is 0 Å². The number of urea groups is 1. The maximum atomic E-state index is 12.0. The van der Waals surface area contributed by atoms with Gasteiger partial charge in [-0.2, -0.15) is 0 Å². The molecular weight excluding hydrogens is 362 g/mol. The van der Waals surface area contributed by atoms with Gasteiger partial charge in [0.15, 0.2) is 5.76 Å². The summed E-state index contributed by atoms with van der Waals surface area (Å²) in [7, 11) is 0. The molecule has 2 N–H and O–H groups in total. The number of carbonyl (C=O) groups is 1. The number of hydrogen-bond donors (Lipinski definition) is 2. The molecule has 4 aromatic rings. The lowest BCUT2D eigenvalue weighted by atomic mass is 10.3. The van der Waals surface area contributed by atoms with Gasteiger partial charge in [-0.3, -0.25) is 0 Å². The molecule has 0 aliphatic carbocycles. The number of rotatable bonds is 6. The summed E-state index contributed by atoms with van der Waals surface area (Å²) >= 11 is 1.58. The van der Waals surface area contributed by atoms with Gasteiger partial charge >= 0.3 is 6.03 Å². The zero-order chi connectivity index (χ0) is 18.6. The Labute approximate surface area is 160 Å². The predicted octanol–water partition coefficient (Wildman–Crippen LogP) is 3.40. The number of aromatic nitrogens is 3. The summed E-state index contributed by atoms with van der Waals surface area (Å²) in [6.07, 6.45) is 4.60. The molecule has 0 saturated heterocycles. The van der Waals surface area contributed by atoms with Gasteiger partial charge in [-0.1, -0.05) is 6.07 Å². The van der Waals surface area contributed by atoms with Crippen molar-refractivity contribution in [3.63, 3.8) is 0 Å². The first kappa shape index (κ1) is 17.3. The summed E-state index contributed by atoms with van der Waals surface area (Å²) < 4.78 is 7.70. The molecule has 0 aliphatic rings. The molecule has 0 atom stereocenters. The van der Waals surface area contributed by atoms with Crippen LogP contribution in [0.4, 0.5) is 4.79 Å². The zero-order valence-corrected chi connectivity index (χ0v) is 15.6. The van der Waals surface area contributed by atoms with Gasteiger partial charge in [-0.15, -0.1) is 11.3 Å². The molecule has 8 heteroatoms. The van der Waals surface area contributed by atoms with Crippen molar-refractivity contribution in [1.29, 1.82) is 0 Å². The Morgan fingerprint density at radius 2 is 2.15 bits per heavy atom. The highest BCUT2D eigenvalue weighted by molar-refractivity contribution is 7.09. The number of furan rings is 1. The SMILES string of the molecule is Cc1nc(-c2ccc(CNC(=O)NCCc3cn4ccccc4n3)o2)cs1. The third-order valence-corrected chi connectivity index (χ3v) is 4.81. The average Bonchev–Trinajstić information content (AvgIpc) is 3.38. The van der Waals surface area contributed by atoms with Crippen LogP contribution >= 0.6 is 11.3 Å². The molecule has 0 radical (unpaired) electrons. The fourth-order valence-corrected chi connectivity index (χ4v) is 3.33. The second-order valence-corrected chi connectivity index (χ2v) is 7.14. The number of amides is 2. The standard InChI is InChI=1S/C19H19N5O2S/c1-13-22-16(12-27-13)17-6-5-15(26-17)10-21-19(25)20-8-7-14-11-24-9-3-2-4-18(24)23-14/h2-6,9,11-12H,7-8,10H2,1H3,(H2,20,21,25). The monoisotopic (exact) mass is 381 g/mol. The second-order valence-electron chi connectivity index (χ2n) is 6.08. The molecule has 0 bridgehead atoms. The van der Waals surface area contributed by atoms with Gasteiger partial charge in [-0.05, 0) is 31.2 Å². The van der Waals surface area contributed by atoms with E-state index >= 15 is 0 Å². The minimum absolute atomic E-state index is 0.235. The highest BCUT2D eigenvalue weighted by atomic mass is 32.1. The number of imidazole rings is 1. The van der Waals surface area contributed by atoms with E-state index in [4.69, 9.17) is 4.42 Å². The molecule has 27 heavy (non-hydrogen) atoms. The maximum Gasteiger partial charge on any atom is 0.315 e. The molecule has 2 amide bonds. The van der Waals surface area contributed by atoms with Crippen LogP contribution in [0.15, 0.2) is 52.5 Å². The smallest absolute Gasteiger partial charge is 0.315 e. The Morgan fingerprint density at radius 3 is 2.96 bits per heavy atom. The predicted molar refractivity (Wildman–Crippen MR) is 104 cm³/mol. The molecule has 7 nitrogen and oxygen atoms in total. The van der Waals surface area contributed by atoms with E-state index < -0.39 is 0 Å². The Hall–Kier alpha value is -3.13. The molecule has 4 heterocycles. The van der Waals surface area contributed by atoms with Crippen LogP contribution in [0.3, 0.4) is 0 Å². The fraction of sp³-hybridized carbons (Fsp3) is 0.211. The third-order valence-electron chi connectivity index (χ3n) is 4.04. The number of nitrogens with zero attached hydrogens (tertiary/aromatic N) is 3. The first-order valence-corrected chi connectivity index (χ1v) is 9.51. The maximum absolute atomic E-state index is 12.0. The summed E-state index contributed by atoms with van der Waals surface area (Å²) in [5, 5.41) is 8.58. The Balaban J connectivity index is 1.23. The number of carbonyl (C=O) groups excluding carboxylic acids is 1. The van der Waals surface area contributed by atoms with E-state index in [1.807, 2.05) is 59.4 Å². The quantitative estimate of drug-likeness (QED) is 0.536. The summed E-state index contributed by atoms with van der Waals surface area (Å²) in [5.41, 5.74) is 2.66. The molecule has 0 unspecified atom stereocenters. The first-order chi connectivity index (χ1) is 13.2. The van der Waals surface area contributed by atoms with Gasteiger partial charge in [0.05, 0.1) is 17.2 Å². The Morgan fingerprint density at radius 1 is 1.22 bits per heavy atom. The van der Waals surface area contributed by atoms with Crippen molar-refractivity contribution in [2.75, 3.05) is 6.54 Å². The van der Waals surface area contributed by atoms with Crippen LogP contribution in [0.1, 0.15) is 16.5 Å². The third kappa shape index (κ3) is 4.17. The average molecular weight is 381 g/mol. The van der Waals surface area contributed by atoms with E-state index in [9.17, 15) is 4.79 Å². The summed E-state index contributed by atoms with van der Waals surface area (Å²) in [4.78, 5) is 20.9. The van der Waals surface area contributed by atoms with Gasteiger partial charge in [0.25, 0.3) is 0 Å². The van der Waals surface area contributed by atoms with Crippen molar-refractivity contribution in [3.05, 3.63) is 64.6 Å². The van der Waals surface area contributed by atoms with Crippen molar-refractivity contribution in [3.8, 4) is 11.5 Å². The first-order valence-electron chi connectivity index (χ1n) is 8.63. The van der Waals surface area contributed by atoms with E-state index in [1.54, 1.807) is 11.3 Å². The number of nitrogens with one attached hydrogen (secondary N) is 2. The minimum atomic E-state index is -0.235. The molecule has 0 aliphatic heterocycles. The molecule has 0 fully saturated rings. The van der Waals surface area contributed by atoms with Crippen LogP contribution in [0.25, 0.3) is 17.1 Å². The molecule has 0 spiro atoms. The van der Waals surface area contributed by atoms with Crippen LogP contribution in [-0.4, -0.2) is 26.9 Å². The number of thiazole rings is 1. The van der Waals surface area contributed by atoms with Gasteiger partial charge in [0, 0.05) is 30.7 Å². The lowest BCUT2D eigenvalue weighted by Crippen LogP contribution is -2.36. The largest absolute Gasteiger partial charge is 0.458 e. The number of hydrogen-bond acceptors (Lipinski definition) is 5. The van der Waals surface area contributed by atoms with E-state index in [0.717, 1.165) is 22.0 Å². The van der Waals surface area contributed by atoms with Gasteiger partial charge in [0.2, 0.25) is 0 Å². The highest BCUT2D eigenvalue weighted by Crippen LogP contribution is 2.23.